The topological polar surface area (TPSA) is 70.2 Å². The van der Waals surface area contributed by atoms with Crippen LogP contribution in [0.15, 0.2) is 54.9 Å². The number of amides is 1. The van der Waals surface area contributed by atoms with E-state index in [1.54, 1.807) is 6.20 Å². The predicted octanol–water partition coefficient (Wildman–Crippen LogP) is 2.37. The highest BCUT2D eigenvalue weighted by atomic mass is 16.5. The molecule has 1 fully saturated rings. The molecule has 0 radical (unpaired) electrons. The second kappa shape index (κ2) is 7.68. The quantitative estimate of drug-likeness (QED) is 0.741. The Hall–Kier alpha value is -2.70. The minimum absolute atomic E-state index is 0.0401. The van der Waals surface area contributed by atoms with E-state index in [2.05, 4.69) is 20.2 Å². The molecule has 0 spiro atoms. The van der Waals surface area contributed by atoms with Gasteiger partial charge < -0.3 is 15.0 Å². The van der Waals surface area contributed by atoms with E-state index in [4.69, 9.17) is 4.74 Å². The first-order valence-electron chi connectivity index (χ1n) is 8.89. The number of aromatic amines is 1. The Labute approximate surface area is 152 Å². The lowest BCUT2D eigenvalue weighted by Crippen LogP contribution is -2.44. The van der Waals surface area contributed by atoms with Crippen molar-refractivity contribution in [1.29, 1.82) is 0 Å². The summed E-state index contributed by atoms with van der Waals surface area (Å²) in [5.41, 5.74) is 2.59. The highest BCUT2D eigenvalue weighted by Crippen LogP contribution is 2.20. The number of rotatable bonds is 5. The Morgan fingerprint density at radius 2 is 2.12 bits per heavy atom. The van der Waals surface area contributed by atoms with Crippen LogP contribution in [0, 0.1) is 0 Å². The van der Waals surface area contributed by atoms with Crippen LogP contribution >= 0.6 is 0 Å². The van der Waals surface area contributed by atoms with E-state index in [1.165, 1.54) is 0 Å². The number of benzene rings is 1. The predicted molar refractivity (Wildman–Crippen MR) is 100 cm³/mol. The monoisotopic (exact) mass is 350 g/mol. The Morgan fingerprint density at radius 3 is 2.92 bits per heavy atom. The lowest BCUT2D eigenvalue weighted by molar-refractivity contribution is 0.0154. The van der Waals surface area contributed by atoms with Crippen molar-refractivity contribution < 1.29 is 9.53 Å². The van der Waals surface area contributed by atoms with Crippen LogP contribution in [-0.4, -0.2) is 53.6 Å². The zero-order valence-corrected chi connectivity index (χ0v) is 14.5. The van der Waals surface area contributed by atoms with Crippen molar-refractivity contribution in [3.05, 3.63) is 66.1 Å². The third kappa shape index (κ3) is 3.61. The summed E-state index contributed by atoms with van der Waals surface area (Å²) in [5, 5.41) is 4.17. The molecule has 134 valence electrons. The Balaban J connectivity index is 1.49. The molecule has 1 saturated heterocycles. The van der Waals surface area contributed by atoms with E-state index in [0.29, 0.717) is 25.3 Å². The van der Waals surface area contributed by atoms with Crippen LogP contribution < -0.4 is 5.32 Å². The summed E-state index contributed by atoms with van der Waals surface area (Å²) in [6.45, 7) is 3.61. The molecule has 0 saturated carbocycles. The maximum absolute atomic E-state index is 12.6. The van der Waals surface area contributed by atoms with Gasteiger partial charge in [-0.25, -0.2) is 0 Å². The molecule has 6 nitrogen and oxygen atoms in total. The number of fused-ring (bicyclic) bond motifs is 1. The fourth-order valence-corrected chi connectivity index (χ4v) is 3.36. The van der Waals surface area contributed by atoms with Gasteiger partial charge >= 0.3 is 0 Å². The average molecular weight is 350 g/mol. The fourth-order valence-electron chi connectivity index (χ4n) is 3.36. The van der Waals surface area contributed by atoms with Gasteiger partial charge in [0, 0.05) is 43.1 Å². The minimum Gasteiger partial charge on any atom is -0.379 e. The van der Waals surface area contributed by atoms with Crippen molar-refractivity contribution in [2.24, 2.45) is 0 Å². The molecule has 26 heavy (non-hydrogen) atoms. The molecular formula is C20H22N4O2. The smallest absolute Gasteiger partial charge is 0.251 e. The van der Waals surface area contributed by atoms with E-state index in [1.807, 2.05) is 48.7 Å². The van der Waals surface area contributed by atoms with Gasteiger partial charge in [-0.1, -0.05) is 12.1 Å². The normalized spacial score (nSPS) is 16.5. The number of H-pyrrole nitrogens is 1. The number of aromatic nitrogens is 2. The van der Waals surface area contributed by atoms with Crippen LogP contribution in [0.3, 0.4) is 0 Å². The van der Waals surface area contributed by atoms with Crippen LogP contribution in [0.4, 0.5) is 0 Å². The maximum Gasteiger partial charge on any atom is 0.251 e. The number of hydrogen-bond acceptors (Lipinski definition) is 4. The molecular weight excluding hydrogens is 328 g/mol. The van der Waals surface area contributed by atoms with Crippen LogP contribution in [0.5, 0.6) is 0 Å². The Bertz CT molecular complexity index is 872. The Kier molecular flexibility index (Phi) is 4.95. The zero-order valence-electron chi connectivity index (χ0n) is 14.5. The summed E-state index contributed by atoms with van der Waals surface area (Å²) in [7, 11) is 0. The molecule has 1 aromatic carbocycles. The van der Waals surface area contributed by atoms with Crippen LogP contribution in [0.25, 0.3) is 10.9 Å². The average Bonchev–Trinajstić information content (AvgIpc) is 3.17. The van der Waals surface area contributed by atoms with E-state index in [0.717, 1.165) is 29.7 Å². The molecule has 1 aliphatic rings. The molecule has 3 heterocycles. The maximum atomic E-state index is 12.6. The third-order valence-electron chi connectivity index (χ3n) is 4.79. The summed E-state index contributed by atoms with van der Waals surface area (Å²) in [6.07, 6.45) is 3.67. The van der Waals surface area contributed by atoms with Gasteiger partial charge in [0.05, 0.1) is 24.9 Å². The first kappa shape index (κ1) is 16.8. The number of morpholine rings is 1. The third-order valence-corrected chi connectivity index (χ3v) is 4.79. The van der Waals surface area contributed by atoms with E-state index >= 15 is 0 Å². The van der Waals surface area contributed by atoms with Crippen molar-refractivity contribution in [2.45, 2.75) is 6.04 Å². The molecule has 0 unspecified atom stereocenters. The molecule has 0 aliphatic carbocycles. The number of hydrogen-bond donors (Lipinski definition) is 2. The molecule has 1 amide bonds. The second-order valence-corrected chi connectivity index (χ2v) is 6.41. The van der Waals surface area contributed by atoms with Gasteiger partial charge in [0.15, 0.2) is 0 Å². The minimum atomic E-state index is -0.0734. The van der Waals surface area contributed by atoms with Gasteiger partial charge in [-0.05, 0) is 35.7 Å². The number of carbonyl (C=O) groups excluding carboxylic acids is 1. The summed E-state index contributed by atoms with van der Waals surface area (Å²) in [6, 6.07) is 13.6. The zero-order chi connectivity index (χ0) is 17.8. The first-order chi connectivity index (χ1) is 12.8. The van der Waals surface area contributed by atoms with Crippen molar-refractivity contribution >= 4 is 16.8 Å². The summed E-state index contributed by atoms with van der Waals surface area (Å²) >= 11 is 0. The van der Waals surface area contributed by atoms with Gasteiger partial charge in [0.1, 0.15) is 0 Å². The Morgan fingerprint density at radius 1 is 1.23 bits per heavy atom. The van der Waals surface area contributed by atoms with Crippen molar-refractivity contribution in [3.8, 4) is 0 Å². The molecule has 3 aromatic rings. The van der Waals surface area contributed by atoms with E-state index in [-0.39, 0.29) is 11.9 Å². The van der Waals surface area contributed by atoms with Crippen molar-refractivity contribution in [2.75, 3.05) is 32.8 Å². The standard InChI is InChI=1S/C20H22N4O2/c25-20(16-5-4-15-6-8-22-18(15)13-16)23-14-19(17-3-1-2-7-21-17)24-9-11-26-12-10-24/h1-8,13,19,22H,9-12,14H2,(H,23,25)/t19-/m1/s1. The summed E-state index contributed by atoms with van der Waals surface area (Å²) < 4.78 is 5.46. The molecule has 1 aliphatic heterocycles. The number of nitrogens with one attached hydrogen (secondary N) is 2. The second-order valence-electron chi connectivity index (χ2n) is 6.41. The van der Waals surface area contributed by atoms with Gasteiger partial charge in [0.2, 0.25) is 0 Å². The largest absolute Gasteiger partial charge is 0.379 e. The van der Waals surface area contributed by atoms with Crippen LogP contribution in [0.1, 0.15) is 22.1 Å². The lowest BCUT2D eigenvalue weighted by Gasteiger charge is -2.34. The van der Waals surface area contributed by atoms with Crippen LogP contribution in [-0.2, 0) is 4.74 Å². The fraction of sp³-hybridized carbons (Fsp3) is 0.300. The molecule has 1 atom stereocenters. The number of pyridine rings is 1. The van der Waals surface area contributed by atoms with Crippen molar-refractivity contribution in [1.82, 2.24) is 20.2 Å². The van der Waals surface area contributed by atoms with E-state index < -0.39 is 0 Å². The number of nitrogens with zero attached hydrogens (tertiary/aromatic N) is 2. The number of ether oxygens (including phenoxy) is 1. The lowest BCUT2D eigenvalue weighted by atomic mass is 10.1. The molecule has 0 bridgehead atoms. The van der Waals surface area contributed by atoms with Gasteiger partial charge in [0.25, 0.3) is 5.91 Å². The molecule has 2 N–H and O–H groups in total. The summed E-state index contributed by atoms with van der Waals surface area (Å²) in [4.78, 5) is 22.6. The molecule has 6 heteroatoms. The molecule has 2 aromatic heterocycles. The highest BCUT2D eigenvalue weighted by Gasteiger charge is 2.24. The van der Waals surface area contributed by atoms with Gasteiger partial charge in [-0.15, -0.1) is 0 Å². The van der Waals surface area contributed by atoms with Crippen LogP contribution in [0.2, 0.25) is 0 Å². The van der Waals surface area contributed by atoms with Gasteiger partial charge in [-0.3, -0.25) is 14.7 Å². The SMILES string of the molecule is O=C(NC[C@H](c1ccccn1)N1CCOCC1)c1ccc2cc[nH]c2c1. The molecule has 4 rings (SSSR count). The van der Waals surface area contributed by atoms with Crippen molar-refractivity contribution in [3.63, 3.8) is 0 Å². The van der Waals surface area contributed by atoms with Gasteiger partial charge in [-0.2, -0.15) is 0 Å². The summed E-state index contributed by atoms with van der Waals surface area (Å²) in [5.74, 6) is -0.0734. The van der Waals surface area contributed by atoms with E-state index in [9.17, 15) is 4.79 Å². The highest BCUT2D eigenvalue weighted by molar-refractivity contribution is 5.97. The number of carbonyl (C=O) groups is 1. The first-order valence-corrected chi connectivity index (χ1v) is 8.89.